The summed E-state index contributed by atoms with van der Waals surface area (Å²) in [6.45, 7) is 18.1. The van der Waals surface area contributed by atoms with Gasteiger partial charge in [0.05, 0.1) is 5.69 Å². The van der Waals surface area contributed by atoms with Crippen molar-refractivity contribution < 1.29 is 25.8 Å². The quantitative estimate of drug-likeness (QED) is 0.0962. The molecule has 0 saturated carbocycles. The number of benzene rings is 3. The minimum Gasteiger partial charge on any atom is -0.509 e. The number of aryl methyl sites for hydroxylation is 1. The summed E-state index contributed by atoms with van der Waals surface area (Å²) >= 11 is 0. The van der Waals surface area contributed by atoms with Crippen LogP contribution < -0.4 is 4.74 Å². The summed E-state index contributed by atoms with van der Waals surface area (Å²) in [4.78, 5) is 4.84. The third-order valence-electron chi connectivity index (χ3n) is 10.6. The first kappa shape index (κ1) is 37.8. The van der Waals surface area contributed by atoms with Gasteiger partial charge < -0.3 is 9.30 Å². The molecule has 6 aromatic rings. The fraction of sp³-hybridized carbons (Fsp3) is 0.391. The first-order valence-electron chi connectivity index (χ1n) is 19.0. The second kappa shape index (κ2) is 16.0. The Bertz CT molecular complexity index is 2220. The van der Waals surface area contributed by atoms with Crippen molar-refractivity contribution in [2.24, 2.45) is 11.8 Å². The van der Waals surface area contributed by atoms with E-state index in [4.69, 9.17) is 14.8 Å². The molecule has 3 heterocycles. The molecular formula is C46H52N4OPt. The smallest absolute Gasteiger partial charge is 0.509 e. The first-order valence-corrected chi connectivity index (χ1v) is 19.0. The van der Waals surface area contributed by atoms with Crippen LogP contribution in [0.25, 0.3) is 33.3 Å². The van der Waals surface area contributed by atoms with Gasteiger partial charge in [0.25, 0.3) is 0 Å². The van der Waals surface area contributed by atoms with E-state index < -0.39 is 0 Å². The van der Waals surface area contributed by atoms with Crippen LogP contribution in [0.5, 0.6) is 11.5 Å². The van der Waals surface area contributed by atoms with Crippen LogP contribution in [0.3, 0.4) is 0 Å². The molecule has 0 spiro atoms. The van der Waals surface area contributed by atoms with Crippen LogP contribution in [-0.2, 0) is 33.9 Å². The fourth-order valence-electron chi connectivity index (χ4n) is 8.13. The number of allylic oxidation sites excluding steroid dienone is 2. The number of para-hydroxylation sites is 1. The number of unbranched alkanes of at least 4 members (excludes halogenated alkanes) is 1. The molecule has 0 N–H and O–H groups in total. The number of fused-ring (bicyclic) bond motifs is 3. The summed E-state index contributed by atoms with van der Waals surface area (Å²) in [5.74, 6) is 4.06. The predicted molar refractivity (Wildman–Crippen MR) is 211 cm³/mol. The number of nitrogens with zero attached hydrogens (tertiary/aromatic N) is 4. The summed E-state index contributed by atoms with van der Waals surface area (Å²) in [5.41, 5.74) is 10.8. The number of rotatable bonds is 11. The van der Waals surface area contributed by atoms with Gasteiger partial charge in [-0.05, 0) is 98.5 Å². The van der Waals surface area contributed by atoms with Gasteiger partial charge in [0.1, 0.15) is 5.82 Å². The largest absolute Gasteiger partial charge is 2.00 e. The molecule has 52 heavy (non-hydrogen) atoms. The molecule has 3 aromatic carbocycles. The minimum absolute atomic E-state index is 0. The van der Waals surface area contributed by atoms with Crippen molar-refractivity contribution in [2.75, 3.05) is 0 Å². The molecule has 0 radical (unpaired) electrons. The Hall–Kier alpha value is -3.95. The van der Waals surface area contributed by atoms with E-state index in [-0.39, 0.29) is 21.1 Å². The van der Waals surface area contributed by atoms with Crippen LogP contribution in [0.4, 0.5) is 0 Å². The number of hydrogen-bond acceptors (Lipinski definition) is 3. The molecule has 0 saturated heterocycles. The molecule has 5 nitrogen and oxygen atoms in total. The predicted octanol–water partition coefficient (Wildman–Crippen LogP) is 12.2. The van der Waals surface area contributed by atoms with E-state index >= 15 is 0 Å². The van der Waals surface area contributed by atoms with E-state index in [1.807, 2.05) is 12.3 Å². The Morgan fingerprint density at radius 1 is 0.942 bits per heavy atom. The summed E-state index contributed by atoms with van der Waals surface area (Å²) in [7, 11) is 0. The average Bonchev–Trinajstić information content (AvgIpc) is 3.60. The Kier molecular flexibility index (Phi) is 11.6. The van der Waals surface area contributed by atoms with Crippen molar-refractivity contribution in [3.63, 3.8) is 0 Å². The van der Waals surface area contributed by atoms with Crippen LogP contribution in [-0.4, -0.2) is 19.3 Å². The zero-order valence-corrected chi connectivity index (χ0v) is 34.3. The van der Waals surface area contributed by atoms with Crippen molar-refractivity contribution >= 4 is 21.8 Å². The van der Waals surface area contributed by atoms with E-state index in [0.717, 1.165) is 65.7 Å². The van der Waals surface area contributed by atoms with Crippen molar-refractivity contribution in [1.29, 1.82) is 0 Å². The van der Waals surface area contributed by atoms with Crippen molar-refractivity contribution in [1.82, 2.24) is 19.3 Å². The van der Waals surface area contributed by atoms with E-state index in [0.29, 0.717) is 35.2 Å². The zero-order chi connectivity index (χ0) is 35.8. The maximum Gasteiger partial charge on any atom is 2.00 e. The van der Waals surface area contributed by atoms with Crippen LogP contribution >= 0.6 is 0 Å². The summed E-state index contributed by atoms with van der Waals surface area (Å²) in [6.07, 6.45) is 11.0. The molecule has 0 fully saturated rings. The Balaban J connectivity index is 0.00000464. The van der Waals surface area contributed by atoms with Crippen LogP contribution in [0.15, 0.2) is 78.5 Å². The molecule has 6 heteroatoms. The molecule has 1 aliphatic carbocycles. The molecule has 0 amide bonds. The molecule has 7 rings (SSSR count). The Morgan fingerprint density at radius 2 is 1.75 bits per heavy atom. The maximum atomic E-state index is 6.72. The summed E-state index contributed by atoms with van der Waals surface area (Å²) in [6, 6.07) is 28.7. The average molecular weight is 872 g/mol. The van der Waals surface area contributed by atoms with Gasteiger partial charge in [-0.2, -0.15) is 11.2 Å². The molecule has 272 valence electrons. The van der Waals surface area contributed by atoms with Crippen molar-refractivity contribution in [3.05, 3.63) is 119 Å². The third kappa shape index (κ3) is 7.44. The number of pyridine rings is 1. The summed E-state index contributed by atoms with van der Waals surface area (Å²) < 4.78 is 11.1. The standard InChI is InChI=1S/C46H52N4O.Pt/c1-9-10-17-42-46(45-31(6)14-13-15-32(45)7)33(8)48-50(42)36-25-35(30(4)5)26-38(27-36)51-37-19-20-40-39-16-11-12-18-41(39)49(43(40)28-37)44-24-34(21-22-47-44)23-29(2)3;/h11-12,14,16,18-22,24-26,29-30,32,45H,9-10,13,15,17,23H2,1-8H3;/q-2;+2/t32-,45?;/m0./s1. The maximum absolute atomic E-state index is 6.72. The number of aromatic nitrogens is 4. The summed E-state index contributed by atoms with van der Waals surface area (Å²) in [5, 5.41) is 7.54. The second-order valence-corrected chi connectivity index (χ2v) is 15.4. The molecule has 0 bridgehead atoms. The van der Waals surface area contributed by atoms with E-state index in [9.17, 15) is 0 Å². The number of hydrogen-bond donors (Lipinski definition) is 0. The van der Waals surface area contributed by atoms with Gasteiger partial charge in [0.2, 0.25) is 0 Å². The first-order chi connectivity index (χ1) is 24.6. The fourth-order valence-corrected chi connectivity index (χ4v) is 8.13. The third-order valence-corrected chi connectivity index (χ3v) is 10.6. The van der Waals surface area contributed by atoms with Crippen LogP contribution in [0, 0.1) is 30.9 Å². The van der Waals surface area contributed by atoms with Crippen LogP contribution in [0.2, 0.25) is 0 Å². The van der Waals surface area contributed by atoms with Gasteiger partial charge in [-0.15, -0.1) is 41.3 Å². The monoisotopic (exact) mass is 871 g/mol. The van der Waals surface area contributed by atoms with E-state index in [2.05, 4.69) is 137 Å². The number of ether oxygens (including phenoxy) is 1. The van der Waals surface area contributed by atoms with Gasteiger partial charge in [-0.25, -0.2) is 4.98 Å². The molecular weight excluding hydrogens is 820 g/mol. The van der Waals surface area contributed by atoms with Gasteiger partial charge in [-0.1, -0.05) is 83.3 Å². The van der Waals surface area contributed by atoms with Gasteiger partial charge in [0.15, 0.2) is 0 Å². The normalized spacial score (nSPS) is 16.2. The topological polar surface area (TPSA) is 44.9 Å². The van der Waals surface area contributed by atoms with Gasteiger partial charge >= 0.3 is 21.1 Å². The van der Waals surface area contributed by atoms with E-state index in [1.165, 1.54) is 39.8 Å². The van der Waals surface area contributed by atoms with Crippen LogP contribution in [0.1, 0.15) is 114 Å². The molecule has 0 aliphatic heterocycles. The Morgan fingerprint density at radius 3 is 2.50 bits per heavy atom. The second-order valence-electron chi connectivity index (χ2n) is 15.4. The SMILES string of the molecule is CCCCc1c(C2C(C)=CCC[C@@H]2C)c(C)nn1-c1[c-]c(Oc2[c-]c3c(cc2)c2ccccc2n3-c2cc(CC(C)C)ccn2)cc(C(C)C)c1.[Pt+2]. The van der Waals surface area contributed by atoms with Crippen molar-refractivity contribution in [2.45, 2.75) is 106 Å². The van der Waals surface area contributed by atoms with E-state index in [1.54, 1.807) is 0 Å². The zero-order valence-electron chi connectivity index (χ0n) is 32.0. The molecule has 1 aliphatic rings. The molecule has 2 atom stereocenters. The van der Waals surface area contributed by atoms with Crippen molar-refractivity contribution in [3.8, 4) is 23.0 Å². The minimum atomic E-state index is 0. The molecule has 3 aromatic heterocycles. The molecule has 1 unspecified atom stereocenters. The van der Waals surface area contributed by atoms with Gasteiger partial charge in [-0.3, -0.25) is 4.68 Å². The van der Waals surface area contributed by atoms with Gasteiger partial charge in [0, 0.05) is 40.4 Å². The Labute approximate surface area is 324 Å².